The highest BCUT2D eigenvalue weighted by molar-refractivity contribution is 8.77. The molecule has 0 nitrogen and oxygen atoms in total. The average Bonchev–Trinajstić information content (AvgIpc) is 2.11. The van der Waals surface area contributed by atoms with Gasteiger partial charge in [-0.2, -0.15) is 11.8 Å². The molecule has 0 saturated heterocycles. The van der Waals surface area contributed by atoms with E-state index in [2.05, 4.69) is 39.3 Å². The van der Waals surface area contributed by atoms with Crippen LogP contribution in [0.3, 0.4) is 0 Å². The third-order valence-corrected chi connectivity index (χ3v) is 4.95. The van der Waals surface area contributed by atoms with E-state index in [1.165, 1.54) is 16.7 Å². The van der Waals surface area contributed by atoms with E-state index in [-0.39, 0.29) is 0 Å². The summed E-state index contributed by atoms with van der Waals surface area (Å²) in [6.07, 6.45) is 0. The maximum Gasteiger partial charge on any atom is 0.0245 e. The van der Waals surface area contributed by atoms with Gasteiger partial charge < -0.3 is 0 Å². The number of thioether (sulfide) groups is 1. The van der Waals surface area contributed by atoms with Crippen LogP contribution in [0.1, 0.15) is 20.8 Å². The lowest BCUT2D eigenvalue weighted by molar-refractivity contribution is 1.40. The summed E-state index contributed by atoms with van der Waals surface area (Å²) in [5.74, 6) is 3.20. The lowest BCUT2D eigenvalue weighted by Crippen LogP contribution is -1.84. The van der Waals surface area contributed by atoms with Gasteiger partial charge in [-0.05, 0) is 26.2 Å². The highest BCUT2D eigenvalue weighted by atomic mass is 33.1. The Morgan fingerprint density at radius 2 is 1.60 bits per heavy atom. The fraction of sp³-hybridized carbons (Fsp3) is 0.500. The molecule has 0 aromatic carbocycles. The minimum absolute atomic E-state index is 1.04. The summed E-state index contributed by atoms with van der Waals surface area (Å²) in [7, 11) is 3.65. The van der Waals surface area contributed by atoms with Gasteiger partial charge in [-0.1, -0.05) is 51.5 Å². The average molecular weight is 260 g/mol. The predicted octanol–water partition coefficient (Wildman–Crippen LogP) is 5.16. The molecule has 0 spiro atoms. The molecule has 15 heavy (non-hydrogen) atoms. The quantitative estimate of drug-likeness (QED) is 0.336. The summed E-state index contributed by atoms with van der Waals surface area (Å²) < 4.78 is 0. The SMILES string of the molecule is C=C(C)CSCC(C)=CSSCC(=C)C. The van der Waals surface area contributed by atoms with Crippen molar-refractivity contribution in [2.75, 3.05) is 17.3 Å². The van der Waals surface area contributed by atoms with Crippen LogP contribution < -0.4 is 0 Å². The first-order chi connectivity index (χ1) is 7.02. The summed E-state index contributed by atoms with van der Waals surface area (Å²) >= 11 is 1.93. The number of hydrogen-bond acceptors (Lipinski definition) is 3. The second kappa shape index (κ2) is 9.49. The van der Waals surface area contributed by atoms with E-state index in [0.29, 0.717) is 0 Å². The predicted molar refractivity (Wildman–Crippen MR) is 80.8 cm³/mol. The molecule has 0 N–H and O–H groups in total. The molecule has 0 radical (unpaired) electrons. The lowest BCUT2D eigenvalue weighted by Gasteiger charge is -2.01. The third-order valence-electron chi connectivity index (χ3n) is 1.30. The molecule has 0 atom stereocenters. The lowest BCUT2D eigenvalue weighted by atomic mass is 10.4. The highest BCUT2D eigenvalue weighted by Crippen LogP contribution is 2.26. The molecule has 0 saturated carbocycles. The Morgan fingerprint density at radius 3 is 2.13 bits per heavy atom. The molecule has 0 aromatic heterocycles. The van der Waals surface area contributed by atoms with Gasteiger partial charge in [0.15, 0.2) is 0 Å². The summed E-state index contributed by atoms with van der Waals surface area (Å²) in [5, 5.41) is 2.24. The van der Waals surface area contributed by atoms with Crippen molar-refractivity contribution in [1.82, 2.24) is 0 Å². The minimum Gasteiger partial charge on any atom is -0.153 e. The van der Waals surface area contributed by atoms with Crippen molar-refractivity contribution in [3.05, 3.63) is 35.3 Å². The van der Waals surface area contributed by atoms with Crippen LogP contribution in [0.2, 0.25) is 0 Å². The summed E-state index contributed by atoms with van der Waals surface area (Å²) in [5.41, 5.74) is 3.91. The van der Waals surface area contributed by atoms with E-state index in [1.54, 1.807) is 10.8 Å². The van der Waals surface area contributed by atoms with Crippen molar-refractivity contribution in [3.63, 3.8) is 0 Å². The van der Waals surface area contributed by atoms with E-state index >= 15 is 0 Å². The summed E-state index contributed by atoms with van der Waals surface area (Å²) in [6.45, 7) is 14.1. The molecule has 0 aliphatic heterocycles. The van der Waals surface area contributed by atoms with E-state index in [9.17, 15) is 0 Å². The highest BCUT2D eigenvalue weighted by Gasteiger charge is 1.93. The molecule has 0 bridgehead atoms. The second-order valence-corrected chi connectivity index (χ2v) is 6.95. The minimum atomic E-state index is 1.04. The molecular weight excluding hydrogens is 240 g/mol. The molecule has 0 aliphatic rings. The second-order valence-electron chi connectivity index (χ2n) is 3.73. The van der Waals surface area contributed by atoms with Gasteiger partial charge in [0.2, 0.25) is 0 Å². The monoisotopic (exact) mass is 260 g/mol. The van der Waals surface area contributed by atoms with Crippen LogP contribution in [0.25, 0.3) is 0 Å². The molecule has 3 heteroatoms. The maximum absolute atomic E-state index is 3.89. The van der Waals surface area contributed by atoms with E-state index in [1.807, 2.05) is 22.6 Å². The maximum atomic E-state index is 3.89. The fourth-order valence-electron chi connectivity index (χ4n) is 0.671. The van der Waals surface area contributed by atoms with Crippen molar-refractivity contribution in [3.8, 4) is 0 Å². The van der Waals surface area contributed by atoms with Crippen LogP contribution in [0, 0.1) is 0 Å². The van der Waals surface area contributed by atoms with Gasteiger partial charge in [0.25, 0.3) is 0 Å². The van der Waals surface area contributed by atoms with Crippen molar-refractivity contribution in [2.24, 2.45) is 0 Å². The number of hydrogen-bond donors (Lipinski definition) is 0. The first kappa shape index (κ1) is 15.3. The van der Waals surface area contributed by atoms with Gasteiger partial charge in [-0.3, -0.25) is 0 Å². The van der Waals surface area contributed by atoms with Gasteiger partial charge in [-0.25, -0.2) is 0 Å². The van der Waals surface area contributed by atoms with E-state index in [4.69, 9.17) is 0 Å². The zero-order valence-electron chi connectivity index (χ0n) is 9.84. The van der Waals surface area contributed by atoms with Crippen molar-refractivity contribution in [1.29, 1.82) is 0 Å². The Labute approximate surface area is 106 Å². The van der Waals surface area contributed by atoms with E-state index in [0.717, 1.165) is 17.3 Å². The molecule has 0 amide bonds. The largest absolute Gasteiger partial charge is 0.153 e. The molecule has 0 aromatic rings. The van der Waals surface area contributed by atoms with Crippen LogP contribution in [0.5, 0.6) is 0 Å². The van der Waals surface area contributed by atoms with Crippen molar-refractivity contribution < 1.29 is 0 Å². The van der Waals surface area contributed by atoms with Gasteiger partial charge >= 0.3 is 0 Å². The van der Waals surface area contributed by atoms with Crippen molar-refractivity contribution >= 4 is 33.3 Å². The Morgan fingerprint density at radius 1 is 1.00 bits per heavy atom. The van der Waals surface area contributed by atoms with Gasteiger partial charge in [0.05, 0.1) is 0 Å². The Bertz CT molecular complexity index is 241. The van der Waals surface area contributed by atoms with Crippen LogP contribution >= 0.6 is 33.3 Å². The normalized spacial score (nSPS) is 11.5. The molecule has 0 aliphatic carbocycles. The smallest absolute Gasteiger partial charge is 0.0245 e. The summed E-state index contributed by atoms with van der Waals surface area (Å²) in [6, 6.07) is 0. The van der Waals surface area contributed by atoms with E-state index < -0.39 is 0 Å². The zero-order valence-corrected chi connectivity index (χ0v) is 12.3. The molecule has 0 unspecified atom stereocenters. The van der Waals surface area contributed by atoms with Crippen LogP contribution in [0.15, 0.2) is 35.3 Å². The van der Waals surface area contributed by atoms with Crippen molar-refractivity contribution in [2.45, 2.75) is 20.8 Å². The van der Waals surface area contributed by atoms with Crippen LogP contribution in [0.4, 0.5) is 0 Å². The fourth-order valence-corrected chi connectivity index (χ4v) is 3.72. The first-order valence-corrected chi connectivity index (χ1v) is 8.36. The zero-order chi connectivity index (χ0) is 11.7. The standard InChI is InChI=1S/C12H20S3/c1-10(2)6-13-8-12(5)9-15-14-7-11(3)4/h9H,1,3,6-8H2,2,4-5H3. The molecule has 0 rings (SSSR count). The molecule has 0 fully saturated rings. The van der Waals surface area contributed by atoms with Crippen LogP contribution in [-0.4, -0.2) is 17.3 Å². The Hall–Kier alpha value is 0.270. The molecule has 0 heterocycles. The van der Waals surface area contributed by atoms with Gasteiger partial charge in [0, 0.05) is 17.3 Å². The van der Waals surface area contributed by atoms with Crippen LogP contribution in [-0.2, 0) is 0 Å². The molecular formula is C12H20S3. The van der Waals surface area contributed by atoms with Gasteiger partial charge in [-0.15, -0.1) is 0 Å². The topological polar surface area (TPSA) is 0 Å². The van der Waals surface area contributed by atoms with Gasteiger partial charge in [0.1, 0.15) is 0 Å². The number of rotatable bonds is 8. The molecule has 86 valence electrons. The third kappa shape index (κ3) is 12.2. The Balaban J connectivity index is 3.52. The first-order valence-electron chi connectivity index (χ1n) is 4.82. The Kier molecular flexibility index (Phi) is 9.66. The summed E-state index contributed by atoms with van der Waals surface area (Å²) in [4.78, 5) is 0.